The highest BCUT2D eigenvalue weighted by Gasteiger charge is 2.27. The molecule has 0 saturated heterocycles. The fourth-order valence-electron chi connectivity index (χ4n) is 2.65. The molecule has 27 heavy (non-hydrogen) atoms. The van der Waals surface area contributed by atoms with Gasteiger partial charge in [0.2, 0.25) is 5.91 Å². The first kappa shape index (κ1) is 18.7. The van der Waals surface area contributed by atoms with Crippen LogP contribution >= 0.6 is 0 Å². The number of sulfonamides is 1. The Morgan fingerprint density at radius 3 is 2.37 bits per heavy atom. The van der Waals surface area contributed by atoms with Gasteiger partial charge in [-0.3, -0.25) is 9.10 Å². The number of carbonyl (C=O) groups is 1. The minimum atomic E-state index is -3.89. The Morgan fingerprint density at radius 2 is 1.70 bits per heavy atom. The van der Waals surface area contributed by atoms with Crippen LogP contribution in [0.4, 0.5) is 5.69 Å². The summed E-state index contributed by atoms with van der Waals surface area (Å²) in [4.78, 5) is 12.6. The molecule has 0 spiro atoms. The minimum absolute atomic E-state index is 0.132. The molecule has 6 nitrogen and oxygen atoms in total. The number of anilines is 1. The van der Waals surface area contributed by atoms with E-state index in [-0.39, 0.29) is 18.0 Å². The third kappa shape index (κ3) is 4.38. The quantitative estimate of drug-likeness (QED) is 0.679. The molecule has 140 valence electrons. The number of benzene rings is 2. The average molecular weight is 384 g/mol. The molecule has 0 atom stereocenters. The van der Waals surface area contributed by atoms with Gasteiger partial charge in [-0.2, -0.15) is 0 Å². The maximum Gasteiger partial charge on any atom is 0.264 e. The Bertz CT molecular complexity index is 999. The van der Waals surface area contributed by atoms with Gasteiger partial charge in [0.05, 0.1) is 23.4 Å². The van der Waals surface area contributed by atoms with E-state index in [1.165, 1.54) is 18.4 Å². The van der Waals surface area contributed by atoms with E-state index in [2.05, 4.69) is 5.32 Å². The Morgan fingerprint density at radius 1 is 1.00 bits per heavy atom. The molecule has 0 bridgehead atoms. The fraction of sp³-hybridized carbons (Fsp3) is 0.150. The summed E-state index contributed by atoms with van der Waals surface area (Å²) < 4.78 is 32.7. The van der Waals surface area contributed by atoms with Crippen LogP contribution in [0, 0.1) is 6.92 Å². The predicted molar refractivity (Wildman–Crippen MR) is 103 cm³/mol. The van der Waals surface area contributed by atoms with Crippen LogP contribution in [-0.4, -0.2) is 20.9 Å². The van der Waals surface area contributed by atoms with Crippen LogP contribution in [0.25, 0.3) is 0 Å². The van der Waals surface area contributed by atoms with Crippen molar-refractivity contribution in [2.75, 3.05) is 10.8 Å². The number of aryl methyl sites for hydroxylation is 1. The lowest BCUT2D eigenvalue weighted by Gasteiger charge is -2.25. The van der Waals surface area contributed by atoms with Crippen molar-refractivity contribution in [2.24, 2.45) is 0 Å². The predicted octanol–water partition coefficient (Wildman–Crippen LogP) is 3.10. The van der Waals surface area contributed by atoms with E-state index in [0.717, 1.165) is 9.87 Å². The summed E-state index contributed by atoms with van der Waals surface area (Å²) in [6.45, 7) is 1.67. The van der Waals surface area contributed by atoms with Gasteiger partial charge >= 0.3 is 0 Å². The minimum Gasteiger partial charge on any atom is -0.467 e. The fourth-order valence-corrected chi connectivity index (χ4v) is 4.15. The lowest BCUT2D eigenvalue weighted by molar-refractivity contribution is -0.119. The molecule has 1 aromatic heterocycles. The van der Waals surface area contributed by atoms with E-state index >= 15 is 0 Å². The maximum atomic E-state index is 13.2. The highest BCUT2D eigenvalue weighted by Crippen LogP contribution is 2.26. The summed E-state index contributed by atoms with van der Waals surface area (Å²) in [6.07, 6.45) is 1.51. The molecule has 2 aromatic carbocycles. The topological polar surface area (TPSA) is 79.6 Å². The Labute approximate surface area is 158 Å². The maximum absolute atomic E-state index is 13.2. The van der Waals surface area contributed by atoms with Crippen molar-refractivity contribution < 1.29 is 17.6 Å². The van der Waals surface area contributed by atoms with Crippen LogP contribution in [-0.2, 0) is 21.4 Å². The smallest absolute Gasteiger partial charge is 0.264 e. The van der Waals surface area contributed by atoms with Gasteiger partial charge in [0.1, 0.15) is 12.3 Å². The summed E-state index contributed by atoms with van der Waals surface area (Å²) in [5.74, 6) is 0.172. The molecule has 7 heteroatoms. The summed E-state index contributed by atoms with van der Waals surface area (Å²) in [7, 11) is -3.89. The van der Waals surface area contributed by atoms with Gasteiger partial charge in [0.25, 0.3) is 10.0 Å². The molecule has 3 rings (SSSR count). The molecule has 3 aromatic rings. The summed E-state index contributed by atoms with van der Waals surface area (Å²) in [6, 6.07) is 18.6. The molecule has 1 amide bonds. The molecule has 0 saturated carbocycles. The van der Waals surface area contributed by atoms with Crippen molar-refractivity contribution in [2.45, 2.75) is 18.4 Å². The van der Waals surface area contributed by atoms with Crippen molar-refractivity contribution >= 4 is 21.6 Å². The lowest BCUT2D eigenvalue weighted by Crippen LogP contribution is -2.41. The number of nitrogens with zero attached hydrogens (tertiary/aromatic N) is 1. The zero-order valence-corrected chi connectivity index (χ0v) is 15.6. The van der Waals surface area contributed by atoms with Gasteiger partial charge in [-0.05, 0) is 42.8 Å². The molecule has 0 unspecified atom stereocenters. The second-order valence-electron chi connectivity index (χ2n) is 5.97. The van der Waals surface area contributed by atoms with Gasteiger partial charge in [0, 0.05) is 0 Å². The van der Waals surface area contributed by atoms with Gasteiger partial charge < -0.3 is 9.73 Å². The lowest BCUT2D eigenvalue weighted by atomic mass is 10.2. The number of furan rings is 1. The molecular weight excluding hydrogens is 364 g/mol. The van der Waals surface area contributed by atoms with Gasteiger partial charge in [-0.25, -0.2) is 8.42 Å². The first-order valence-electron chi connectivity index (χ1n) is 8.41. The van der Waals surface area contributed by atoms with E-state index in [1.807, 2.05) is 19.1 Å². The van der Waals surface area contributed by atoms with E-state index < -0.39 is 15.9 Å². The van der Waals surface area contributed by atoms with Crippen molar-refractivity contribution in [1.82, 2.24) is 5.32 Å². The molecular formula is C20H20N2O4S. The van der Waals surface area contributed by atoms with Crippen LogP contribution in [0.5, 0.6) is 0 Å². The van der Waals surface area contributed by atoms with Crippen LogP contribution in [0.2, 0.25) is 0 Å². The molecule has 0 aliphatic rings. The number of nitrogens with one attached hydrogen (secondary N) is 1. The standard InChI is InChI=1S/C20H20N2O4S/c1-16-8-5-6-12-19(16)22(27(24,25)18-10-3-2-4-11-18)15-20(23)21-14-17-9-7-13-26-17/h2-13H,14-15H2,1H3,(H,21,23). The molecule has 0 radical (unpaired) electrons. The monoisotopic (exact) mass is 384 g/mol. The number of amides is 1. The molecule has 0 fully saturated rings. The zero-order valence-electron chi connectivity index (χ0n) is 14.8. The molecule has 0 aliphatic heterocycles. The number of para-hydroxylation sites is 1. The summed E-state index contributed by atoms with van der Waals surface area (Å²) >= 11 is 0. The van der Waals surface area contributed by atoms with E-state index in [4.69, 9.17) is 4.42 Å². The van der Waals surface area contributed by atoms with Gasteiger partial charge in [0.15, 0.2) is 0 Å². The molecule has 0 aliphatic carbocycles. The highest BCUT2D eigenvalue weighted by molar-refractivity contribution is 7.92. The number of rotatable bonds is 7. The third-order valence-corrected chi connectivity index (χ3v) is 5.82. The Kier molecular flexibility index (Phi) is 5.61. The largest absolute Gasteiger partial charge is 0.467 e. The van der Waals surface area contributed by atoms with Gasteiger partial charge in [-0.1, -0.05) is 36.4 Å². The van der Waals surface area contributed by atoms with Crippen molar-refractivity contribution in [3.8, 4) is 0 Å². The van der Waals surface area contributed by atoms with Crippen LogP contribution in [0.15, 0.2) is 82.3 Å². The van der Waals surface area contributed by atoms with Crippen LogP contribution in [0.3, 0.4) is 0 Å². The van der Waals surface area contributed by atoms with Crippen molar-refractivity contribution in [3.63, 3.8) is 0 Å². The molecule has 1 heterocycles. The SMILES string of the molecule is Cc1ccccc1N(CC(=O)NCc1ccco1)S(=O)(=O)c1ccccc1. The normalized spacial score (nSPS) is 11.1. The number of hydrogen-bond donors (Lipinski definition) is 1. The third-order valence-electron chi connectivity index (χ3n) is 4.04. The Hall–Kier alpha value is -3.06. The number of hydrogen-bond acceptors (Lipinski definition) is 4. The summed E-state index contributed by atoms with van der Waals surface area (Å²) in [5.41, 5.74) is 1.23. The summed E-state index contributed by atoms with van der Waals surface area (Å²) in [5, 5.41) is 2.69. The van der Waals surface area contributed by atoms with E-state index in [1.54, 1.807) is 42.5 Å². The second-order valence-corrected chi connectivity index (χ2v) is 7.83. The second kappa shape index (κ2) is 8.09. The van der Waals surface area contributed by atoms with E-state index in [0.29, 0.717) is 11.4 Å². The van der Waals surface area contributed by atoms with E-state index in [9.17, 15) is 13.2 Å². The Balaban J connectivity index is 1.89. The zero-order chi connectivity index (χ0) is 19.3. The highest BCUT2D eigenvalue weighted by atomic mass is 32.2. The first-order chi connectivity index (χ1) is 13.0. The number of carbonyl (C=O) groups excluding carboxylic acids is 1. The van der Waals surface area contributed by atoms with Crippen molar-refractivity contribution in [1.29, 1.82) is 0 Å². The molecule has 1 N–H and O–H groups in total. The van der Waals surface area contributed by atoms with Crippen molar-refractivity contribution in [3.05, 3.63) is 84.3 Å². The first-order valence-corrected chi connectivity index (χ1v) is 9.85. The van der Waals surface area contributed by atoms with Gasteiger partial charge in [-0.15, -0.1) is 0 Å². The van der Waals surface area contributed by atoms with Crippen LogP contribution in [0.1, 0.15) is 11.3 Å². The van der Waals surface area contributed by atoms with Crippen LogP contribution < -0.4 is 9.62 Å². The average Bonchev–Trinajstić information content (AvgIpc) is 3.19.